The van der Waals surface area contributed by atoms with Gasteiger partial charge in [-0.05, 0) is 56.6 Å². The fraction of sp³-hybridized carbons (Fsp3) is 0.350. The van der Waals surface area contributed by atoms with Gasteiger partial charge in [0.2, 0.25) is 0 Å². The van der Waals surface area contributed by atoms with Gasteiger partial charge in [-0.15, -0.1) is 0 Å². The predicted molar refractivity (Wildman–Crippen MR) is 109 cm³/mol. The third-order valence-corrected chi connectivity index (χ3v) is 5.11. The second-order valence-electron chi connectivity index (χ2n) is 6.51. The van der Waals surface area contributed by atoms with Crippen molar-refractivity contribution >= 4 is 29.2 Å². The van der Waals surface area contributed by atoms with Crippen LogP contribution in [0.4, 0.5) is 0 Å². The first-order valence-electron chi connectivity index (χ1n) is 9.11. The highest BCUT2D eigenvalue weighted by Crippen LogP contribution is 2.27. The number of thiophene rings is 1. The normalized spacial score (nSPS) is 11.2. The van der Waals surface area contributed by atoms with E-state index in [1.54, 1.807) is 34.1 Å². The highest BCUT2D eigenvalue weighted by atomic mass is 32.1. The Morgan fingerprint density at radius 3 is 2.93 bits per heavy atom. The van der Waals surface area contributed by atoms with E-state index in [9.17, 15) is 9.59 Å². The van der Waals surface area contributed by atoms with E-state index in [4.69, 9.17) is 0 Å². The summed E-state index contributed by atoms with van der Waals surface area (Å²) in [5.74, 6) is -0.176. The number of imidazole rings is 1. The van der Waals surface area contributed by atoms with Crippen LogP contribution in [0.3, 0.4) is 0 Å². The van der Waals surface area contributed by atoms with Crippen LogP contribution in [0.5, 0.6) is 0 Å². The van der Waals surface area contributed by atoms with Crippen LogP contribution in [0, 0.1) is 0 Å². The van der Waals surface area contributed by atoms with Crippen molar-refractivity contribution in [2.45, 2.75) is 19.8 Å². The molecule has 6 nitrogen and oxygen atoms in total. The molecule has 0 unspecified atom stereocenters. The van der Waals surface area contributed by atoms with Crippen LogP contribution < -0.4 is 5.32 Å². The van der Waals surface area contributed by atoms with E-state index in [1.807, 2.05) is 16.8 Å². The number of aldehydes is 1. The number of carbonyl (C=O) groups excluding carboxylic acids is 2. The number of fused-ring (bicyclic) bond motifs is 1. The largest absolute Gasteiger partial charge is 0.351 e. The summed E-state index contributed by atoms with van der Waals surface area (Å²) in [6.45, 7) is 4.74. The molecule has 0 aromatic carbocycles. The molecular formula is C20H24N4O2S. The predicted octanol–water partition coefficient (Wildman–Crippen LogP) is 3.34. The zero-order valence-corrected chi connectivity index (χ0v) is 16.5. The van der Waals surface area contributed by atoms with Gasteiger partial charge >= 0.3 is 0 Å². The van der Waals surface area contributed by atoms with E-state index >= 15 is 0 Å². The minimum absolute atomic E-state index is 0.176. The van der Waals surface area contributed by atoms with Crippen molar-refractivity contribution in [2.75, 3.05) is 26.7 Å². The maximum Gasteiger partial charge on any atom is 0.270 e. The number of nitrogens with one attached hydrogen (secondary N) is 1. The highest BCUT2D eigenvalue weighted by Gasteiger charge is 2.21. The third kappa shape index (κ3) is 4.26. The van der Waals surface area contributed by atoms with Crippen molar-refractivity contribution in [3.63, 3.8) is 0 Å². The van der Waals surface area contributed by atoms with Gasteiger partial charge in [-0.2, -0.15) is 11.3 Å². The molecule has 0 saturated heterocycles. The van der Waals surface area contributed by atoms with Crippen LogP contribution in [0.2, 0.25) is 0 Å². The van der Waals surface area contributed by atoms with Crippen molar-refractivity contribution in [1.82, 2.24) is 19.6 Å². The zero-order valence-electron chi connectivity index (χ0n) is 15.6. The minimum Gasteiger partial charge on any atom is -0.351 e. The maximum atomic E-state index is 12.9. The molecule has 0 aliphatic rings. The highest BCUT2D eigenvalue weighted by molar-refractivity contribution is 7.08. The lowest BCUT2D eigenvalue weighted by Gasteiger charge is -2.15. The van der Waals surface area contributed by atoms with Crippen molar-refractivity contribution in [1.29, 1.82) is 0 Å². The average Bonchev–Trinajstić information content (AvgIpc) is 3.32. The van der Waals surface area contributed by atoms with Gasteiger partial charge < -0.3 is 10.2 Å². The molecule has 142 valence electrons. The average molecular weight is 385 g/mol. The molecule has 1 N–H and O–H groups in total. The van der Waals surface area contributed by atoms with Gasteiger partial charge in [0.05, 0.1) is 5.56 Å². The van der Waals surface area contributed by atoms with E-state index in [2.05, 4.69) is 29.2 Å². The molecule has 3 aromatic rings. The smallest absolute Gasteiger partial charge is 0.270 e. The minimum atomic E-state index is -0.176. The Bertz CT molecular complexity index is 918. The Balaban J connectivity index is 1.85. The molecule has 27 heavy (non-hydrogen) atoms. The molecule has 0 aliphatic carbocycles. The zero-order chi connectivity index (χ0) is 19.2. The molecule has 3 heterocycles. The second-order valence-corrected chi connectivity index (χ2v) is 7.29. The Morgan fingerprint density at radius 1 is 1.37 bits per heavy atom. The van der Waals surface area contributed by atoms with Gasteiger partial charge in [0.25, 0.3) is 5.91 Å². The van der Waals surface area contributed by atoms with Gasteiger partial charge in [-0.25, -0.2) is 4.98 Å². The molecule has 3 aromatic heterocycles. The molecule has 0 radical (unpaired) electrons. The Hall–Kier alpha value is -2.51. The first kappa shape index (κ1) is 19.3. The van der Waals surface area contributed by atoms with E-state index in [0.29, 0.717) is 29.1 Å². The van der Waals surface area contributed by atoms with Gasteiger partial charge in [0.15, 0.2) is 6.29 Å². The number of amides is 1. The molecular weight excluding hydrogens is 360 g/mol. The number of carbonyl (C=O) groups is 2. The first-order valence-corrected chi connectivity index (χ1v) is 10.1. The lowest BCUT2D eigenvalue weighted by atomic mass is 10.2. The SMILES string of the molecule is CCCN(C)CCCNC(=O)c1c(-c2ccsc2)nc2c(C=O)cccn12. The van der Waals surface area contributed by atoms with Crippen molar-refractivity contribution in [3.05, 3.63) is 46.4 Å². The monoisotopic (exact) mass is 384 g/mol. The number of nitrogens with zero attached hydrogens (tertiary/aromatic N) is 3. The summed E-state index contributed by atoms with van der Waals surface area (Å²) in [5.41, 5.74) is 2.92. The Labute approximate surface area is 162 Å². The lowest BCUT2D eigenvalue weighted by Crippen LogP contribution is -2.29. The number of aromatic nitrogens is 2. The van der Waals surface area contributed by atoms with E-state index in [0.717, 1.165) is 37.8 Å². The van der Waals surface area contributed by atoms with E-state index in [-0.39, 0.29) is 5.91 Å². The first-order chi connectivity index (χ1) is 13.2. The Morgan fingerprint density at radius 2 is 2.22 bits per heavy atom. The Kier molecular flexibility index (Phi) is 6.36. The van der Waals surface area contributed by atoms with Crippen molar-refractivity contribution in [2.24, 2.45) is 0 Å². The van der Waals surface area contributed by atoms with E-state index < -0.39 is 0 Å². The fourth-order valence-corrected chi connectivity index (χ4v) is 3.77. The van der Waals surface area contributed by atoms with Gasteiger partial charge in [-0.3, -0.25) is 14.0 Å². The molecule has 7 heteroatoms. The van der Waals surface area contributed by atoms with Crippen molar-refractivity contribution < 1.29 is 9.59 Å². The number of hydrogen-bond acceptors (Lipinski definition) is 5. The maximum absolute atomic E-state index is 12.9. The number of hydrogen-bond donors (Lipinski definition) is 1. The van der Waals surface area contributed by atoms with Crippen LogP contribution >= 0.6 is 11.3 Å². The summed E-state index contributed by atoms with van der Waals surface area (Å²) in [6.07, 6.45) is 4.54. The molecule has 3 rings (SSSR count). The molecule has 0 spiro atoms. The van der Waals surface area contributed by atoms with Gasteiger partial charge in [0.1, 0.15) is 17.0 Å². The van der Waals surface area contributed by atoms with Crippen LogP contribution in [-0.4, -0.2) is 53.2 Å². The van der Waals surface area contributed by atoms with Crippen molar-refractivity contribution in [3.8, 4) is 11.3 Å². The summed E-state index contributed by atoms with van der Waals surface area (Å²) >= 11 is 1.55. The van der Waals surface area contributed by atoms with E-state index in [1.165, 1.54) is 0 Å². The number of pyridine rings is 1. The van der Waals surface area contributed by atoms with Gasteiger partial charge in [-0.1, -0.05) is 6.92 Å². The quantitative estimate of drug-likeness (QED) is 0.454. The molecule has 0 bridgehead atoms. The van der Waals surface area contributed by atoms with Crippen LogP contribution in [0.1, 0.15) is 40.6 Å². The molecule has 0 aliphatic heterocycles. The van der Waals surface area contributed by atoms with Gasteiger partial charge in [0, 0.05) is 23.7 Å². The molecule has 0 saturated carbocycles. The van der Waals surface area contributed by atoms with Crippen LogP contribution in [0.15, 0.2) is 35.2 Å². The van der Waals surface area contributed by atoms with Crippen LogP contribution in [0.25, 0.3) is 16.9 Å². The summed E-state index contributed by atoms with van der Waals surface area (Å²) in [4.78, 5) is 31.2. The standard InChI is InChI=1S/C20H24N4O2S/c1-3-9-23(2)10-5-8-21-20(26)18-17(16-7-12-27-14-16)22-19-15(13-25)6-4-11-24(18)19/h4,6-7,11-14H,3,5,8-10H2,1-2H3,(H,21,26). The second kappa shape index (κ2) is 8.92. The summed E-state index contributed by atoms with van der Waals surface area (Å²) in [5, 5.41) is 6.91. The summed E-state index contributed by atoms with van der Waals surface area (Å²) in [7, 11) is 2.09. The number of rotatable bonds is 9. The molecule has 0 fully saturated rings. The third-order valence-electron chi connectivity index (χ3n) is 4.42. The molecule has 0 atom stereocenters. The summed E-state index contributed by atoms with van der Waals surface area (Å²) in [6, 6.07) is 5.40. The lowest BCUT2D eigenvalue weighted by molar-refractivity contribution is 0.0946. The summed E-state index contributed by atoms with van der Waals surface area (Å²) < 4.78 is 1.70. The topological polar surface area (TPSA) is 66.7 Å². The molecule has 1 amide bonds. The van der Waals surface area contributed by atoms with Crippen LogP contribution in [-0.2, 0) is 0 Å². The fourth-order valence-electron chi connectivity index (χ4n) is 3.13.